The second-order valence-electron chi connectivity index (χ2n) is 16.7. The lowest BCUT2D eigenvalue weighted by Crippen LogP contribution is -2.65. The summed E-state index contributed by atoms with van der Waals surface area (Å²) in [5.74, 6) is 0.702. The van der Waals surface area contributed by atoms with Gasteiger partial charge >= 0.3 is 5.97 Å². The number of H-pyrrole nitrogens is 1. The zero-order valence-corrected chi connectivity index (χ0v) is 29.2. The number of aliphatic carboxylic acids is 1. The number of methoxy groups -OCH3 is 1. The zero-order chi connectivity index (χ0) is 31.9. The van der Waals surface area contributed by atoms with Crippen molar-refractivity contribution in [2.45, 2.75) is 105 Å². The molecule has 44 heavy (non-hydrogen) atoms. The number of ether oxygens (including phenoxy) is 1. The van der Waals surface area contributed by atoms with Crippen molar-refractivity contribution in [3.8, 4) is 0 Å². The molecule has 0 bridgehead atoms. The first kappa shape index (κ1) is 30.5. The van der Waals surface area contributed by atoms with Crippen molar-refractivity contribution >= 4 is 33.5 Å². The number of halogens is 1. The Balaban J connectivity index is 1.36. The highest BCUT2D eigenvalue weighted by molar-refractivity contribution is 9.12. The van der Waals surface area contributed by atoms with E-state index in [1.54, 1.807) is 0 Å². The van der Waals surface area contributed by atoms with Crippen molar-refractivity contribution in [3.63, 3.8) is 0 Å². The lowest BCUT2D eigenvalue weighted by atomic mass is 9.33. The van der Waals surface area contributed by atoms with Gasteiger partial charge in [-0.1, -0.05) is 60.1 Å². The van der Waals surface area contributed by atoms with Crippen LogP contribution >= 0.6 is 15.9 Å². The van der Waals surface area contributed by atoms with Gasteiger partial charge in [-0.25, -0.2) is 0 Å². The van der Waals surface area contributed by atoms with Gasteiger partial charge in [0.1, 0.15) is 10.2 Å². The molecule has 6 aliphatic carbocycles. The minimum absolute atomic E-state index is 0.000882. The number of nitrogens with one attached hydrogen (secondary N) is 1. The van der Waals surface area contributed by atoms with Gasteiger partial charge in [-0.05, 0) is 119 Å². The Hall–Kier alpha value is -2.15. The van der Waals surface area contributed by atoms with E-state index in [4.69, 9.17) is 4.74 Å². The van der Waals surface area contributed by atoms with Crippen LogP contribution in [0.3, 0.4) is 0 Å². The van der Waals surface area contributed by atoms with Crippen LogP contribution in [-0.2, 0) is 21.4 Å². The second kappa shape index (κ2) is 9.23. The van der Waals surface area contributed by atoms with E-state index in [0.717, 1.165) is 62.6 Å². The van der Waals surface area contributed by atoms with Gasteiger partial charge in [-0.2, -0.15) is 0 Å². The molecule has 7 heteroatoms. The molecular formula is C37H48BrNO5. The van der Waals surface area contributed by atoms with Gasteiger partial charge in [0.15, 0.2) is 5.76 Å². The Morgan fingerprint density at radius 2 is 1.70 bits per heavy atom. The molecule has 3 saturated carbocycles. The summed E-state index contributed by atoms with van der Waals surface area (Å²) >= 11 is 3.40. The van der Waals surface area contributed by atoms with Crippen LogP contribution < -0.4 is 0 Å². The maximum Gasteiger partial charge on any atom is 0.310 e. The first-order valence-electron chi connectivity index (χ1n) is 16.7. The van der Waals surface area contributed by atoms with Crippen molar-refractivity contribution in [3.05, 3.63) is 44.4 Å². The van der Waals surface area contributed by atoms with Gasteiger partial charge in [0.2, 0.25) is 11.6 Å². The van der Waals surface area contributed by atoms with E-state index in [-0.39, 0.29) is 49.4 Å². The fourth-order valence-corrected chi connectivity index (χ4v) is 13.0. The molecule has 6 aliphatic rings. The average Bonchev–Trinajstić information content (AvgIpc) is 3.34. The molecule has 0 radical (unpaired) electrons. The normalized spacial score (nSPS) is 43.9. The lowest BCUT2D eigenvalue weighted by Gasteiger charge is -2.70. The highest BCUT2D eigenvalue weighted by atomic mass is 79.9. The Morgan fingerprint density at radius 3 is 2.36 bits per heavy atom. The monoisotopic (exact) mass is 665 g/mol. The van der Waals surface area contributed by atoms with E-state index in [1.165, 1.54) is 12.7 Å². The zero-order valence-electron chi connectivity index (χ0n) is 27.6. The minimum Gasteiger partial charge on any atom is -0.491 e. The molecule has 1 aromatic heterocycles. The van der Waals surface area contributed by atoms with E-state index in [0.29, 0.717) is 34.9 Å². The summed E-state index contributed by atoms with van der Waals surface area (Å²) in [4.78, 5) is 43.8. The number of carbonyl (C=O) groups is 3. The Bertz CT molecular complexity index is 1580. The fourth-order valence-electron chi connectivity index (χ4n) is 12.5. The SMILES string of the molecule is COC1=C(Br)C(=O)c2c([nH]c3c2C[C@]2(C)[C@H]4CC=C5[C@@H]6[C@@H](C)[C@H](C)CC[C@]6(C(=O)O)CC[C@@]5(C)[C@]4(C)CC[C@H]2C3(C)C)C1=O. The van der Waals surface area contributed by atoms with Crippen LogP contribution in [0.25, 0.3) is 0 Å². The Labute approximate surface area is 270 Å². The average molecular weight is 667 g/mol. The molecule has 7 rings (SSSR count). The topological polar surface area (TPSA) is 96.5 Å². The molecular weight excluding hydrogens is 618 g/mol. The van der Waals surface area contributed by atoms with E-state index in [1.807, 2.05) is 0 Å². The summed E-state index contributed by atoms with van der Waals surface area (Å²) in [6, 6.07) is 0. The van der Waals surface area contributed by atoms with Gasteiger partial charge < -0.3 is 14.8 Å². The number of carboxylic acids is 1. The standard InChI is InChI=1S/C37H48BrNO5/c1-18-11-14-37(32(42)43)16-15-35(6)21(25(37)19(18)2)9-10-23-34(5)17-20-24-27(29(41)30(44-8)26(38)28(24)40)39-31(20)33(3,4)22(34)12-13-36(23,35)7/h9,18-19,22-23,25,39H,10-17H2,1-8H3,(H,42,43)/t18-,19+,22+,23-,25+,34+,35-,36-,37+/m1/s1. The van der Waals surface area contributed by atoms with Crippen molar-refractivity contribution in [2.75, 3.05) is 7.11 Å². The maximum absolute atomic E-state index is 13.8. The molecule has 0 aliphatic heterocycles. The number of carbonyl (C=O) groups excluding carboxylic acids is 2. The van der Waals surface area contributed by atoms with Crippen LogP contribution in [0.2, 0.25) is 0 Å². The number of hydrogen-bond acceptors (Lipinski definition) is 4. The van der Waals surface area contributed by atoms with Crippen LogP contribution in [0, 0.1) is 51.2 Å². The number of carboxylic acid groups (broad SMARTS) is 1. The molecule has 3 fully saturated rings. The van der Waals surface area contributed by atoms with Gasteiger partial charge in [-0.3, -0.25) is 14.4 Å². The van der Waals surface area contributed by atoms with Crippen LogP contribution in [0.4, 0.5) is 0 Å². The van der Waals surface area contributed by atoms with E-state index in [9.17, 15) is 19.5 Å². The number of rotatable bonds is 2. The third-order valence-electron chi connectivity index (χ3n) is 15.1. The summed E-state index contributed by atoms with van der Waals surface area (Å²) < 4.78 is 5.56. The first-order chi connectivity index (χ1) is 20.5. The summed E-state index contributed by atoms with van der Waals surface area (Å²) in [5.41, 5.74) is 3.26. The van der Waals surface area contributed by atoms with E-state index < -0.39 is 11.4 Å². The highest BCUT2D eigenvalue weighted by Gasteiger charge is 2.69. The molecule has 0 aromatic carbocycles. The fraction of sp³-hybridized carbons (Fsp3) is 0.703. The molecule has 0 amide bonds. The van der Waals surface area contributed by atoms with Crippen molar-refractivity contribution in [2.24, 2.45) is 51.2 Å². The predicted octanol–water partition coefficient (Wildman–Crippen LogP) is 8.40. The summed E-state index contributed by atoms with van der Waals surface area (Å²) in [6.07, 6.45) is 9.78. The number of ketones is 2. The van der Waals surface area contributed by atoms with Gasteiger partial charge in [0, 0.05) is 11.1 Å². The van der Waals surface area contributed by atoms with E-state index in [2.05, 4.69) is 75.5 Å². The second-order valence-corrected chi connectivity index (χ2v) is 17.5. The van der Waals surface area contributed by atoms with Gasteiger partial charge in [0.05, 0.1) is 18.1 Å². The van der Waals surface area contributed by atoms with Crippen molar-refractivity contribution in [1.29, 1.82) is 0 Å². The maximum atomic E-state index is 13.8. The largest absolute Gasteiger partial charge is 0.491 e. The number of fused-ring (bicyclic) bond motifs is 10. The minimum atomic E-state index is -0.650. The molecule has 9 atom stereocenters. The summed E-state index contributed by atoms with van der Waals surface area (Å²) in [7, 11) is 1.43. The number of hydrogen-bond donors (Lipinski definition) is 2. The van der Waals surface area contributed by atoms with Gasteiger partial charge in [-0.15, -0.1) is 0 Å². The van der Waals surface area contributed by atoms with Crippen molar-refractivity contribution < 1.29 is 24.2 Å². The molecule has 2 N–H and O–H groups in total. The molecule has 1 heterocycles. The molecule has 238 valence electrons. The van der Waals surface area contributed by atoms with Gasteiger partial charge in [0.25, 0.3) is 0 Å². The van der Waals surface area contributed by atoms with Crippen LogP contribution in [0.15, 0.2) is 21.9 Å². The predicted molar refractivity (Wildman–Crippen MR) is 173 cm³/mol. The molecule has 0 unspecified atom stereocenters. The third-order valence-corrected chi connectivity index (χ3v) is 15.8. The number of allylic oxidation sites excluding steroid dienone is 4. The Morgan fingerprint density at radius 1 is 1.00 bits per heavy atom. The molecule has 6 nitrogen and oxygen atoms in total. The van der Waals surface area contributed by atoms with Crippen LogP contribution in [-0.4, -0.2) is 34.7 Å². The van der Waals surface area contributed by atoms with E-state index >= 15 is 0 Å². The summed E-state index contributed by atoms with van der Waals surface area (Å²) in [6.45, 7) is 16.7. The third kappa shape index (κ3) is 3.36. The summed E-state index contributed by atoms with van der Waals surface area (Å²) in [5, 5.41) is 10.7. The molecule has 0 spiro atoms. The van der Waals surface area contributed by atoms with Crippen LogP contribution in [0.5, 0.6) is 0 Å². The number of aromatic nitrogens is 1. The quantitative estimate of drug-likeness (QED) is 0.309. The first-order valence-corrected chi connectivity index (χ1v) is 17.5. The number of Topliss-reactive ketones (excluding diaryl/α,β-unsaturated/α-hetero) is 2. The molecule has 0 saturated heterocycles. The number of aromatic amines is 1. The smallest absolute Gasteiger partial charge is 0.310 e. The Kier molecular flexibility index (Phi) is 6.40. The lowest BCUT2D eigenvalue weighted by molar-refractivity contribution is -0.179. The van der Waals surface area contributed by atoms with Crippen molar-refractivity contribution in [1.82, 2.24) is 4.98 Å². The molecule has 1 aromatic rings. The highest BCUT2D eigenvalue weighted by Crippen LogP contribution is 2.75. The van der Waals surface area contributed by atoms with Crippen LogP contribution in [0.1, 0.15) is 126 Å².